The molecule has 0 bridgehead atoms. The molecule has 1 fully saturated rings. The summed E-state index contributed by atoms with van der Waals surface area (Å²) >= 11 is 0. The van der Waals surface area contributed by atoms with Crippen LogP contribution in [0.15, 0.2) is 54.7 Å². The maximum Gasteiger partial charge on any atom is 0.137 e. The lowest BCUT2D eigenvalue weighted by atomic mass is 10.1. The van der Waals surface area contributed by atoms with E-state index < -0.39 is 0 Å². The maximum atomic E-state index is 6.15. The lowest BCUT2D eigenvalue weighted by Gasteiger charge is -2.26. The summed E-state index contributed by atoms with van der Waals surface area (Å²) in [7, 11) is 0. The van der Waals surface area contributed by atoms with Gasteiger partial charge >= 0.3 is 0 Å². The van der Waals surface area contributed by atoms with Crippen LogP contribution in [0.1, 0.15) is 17.3 Å². The zero-order valence-electron chi connectivity index (χ0n) is 14.2. The van der Waals surface area contributed by atoms with E-state index in [1.54, 1.807) is 6.20 Å². The van der Waals surface area contributed by atoms with Crippen molar-refractivity contribution in [1.29, 1.82) is 0 Å². The third-order valence-corrected chi connectivity index (χ3v) is 5.01. The van der Waals surface area contributed by atoms with Crippen molar-refractivity contribution in [3.05, 3.63) is 66.0 Å². The van der Waals surface area contributed by atoms with Crippen molar-refractivity contribution in [2.24, 2.45) is 0 Å². The first kappa shape index (κ1) is 17.1. The summed E-state index contributed by atoms with van der Waals surface area (Å²) in [5.41, 5.74) is 4.04. The first-order valence-corrected chi connectivity index (χ1v) is 8.62. The van der Waals surface area contributed by atoms with Crippen LogP contribution in [0.3, 0.4) is 0 Å². The zero-order chi connectivity index (χ0) is 16.6. The predicted octanol–water partition coefficient (Wildman–Crippen LogP) is 2.72. The number of hydrogen-bond donors (Lipinski definition) is 0. The molecular weight excluding hydrogens is 350 g/mol. The standard InChI is InChI=1S/C19H19N5O.ClH/c1-2-6-14(7-3-1)10-23-11-16-18(12-23)25-13-17-19(21-22-24(16)17)15-8-4-5-9-20-15;/h1-9,16,18H,10-13H2;1H/t16-,18-;/m0./s1. The van der Waals surface area contributed by atoms with Crippen LogP contribution in [-0.2, 0) is 17.9 Å². The molecule has 134 valence electrons. The molecule has 6 nitrogen and oxygen atoms in total. The number of pyridine rings is 1. The van der Waals surface area contributed by atoms with Gasteiger partial charge in [-0.1, -0.05) is 41.6 Å². The topological polar surface area (TPSA) is 56.1 Å². The van der Waals surface area contributed by atoms with E-state index in [4.69, 9.17) is 4.74 Å². The zero-order valence-corrected chi connectivity index (χ0v) is 15.0. The number of rotatable bonds is 3. The van der Waals surface area contributed by atoms with Gasteiger partial charge in [-0.05, 0) is 17.7 Å². The van der Waals surface area contributed by atoms with E-state index in [9.17, 15) is 0 Å². The summed E-state index contributed by atoms with van der Waals surface area (Å²) < 4.78 is 8.21. The fourth-order valence-electron chi connectivity index (χ4n) is 3.80. The molecule has 0 N–H and O–H groups in total. The van der Waals surface area contributed by atoms with E-state index in [2.05, 4.69) is 55.2 Å². The average molecular weight is 370 g/mol. The Morgan fingerprint density at radius 1 is 1.04 bits per heavy atom. The summed E-state index contributed by atoms with van der Waals surface area (Å²) in [6.07, 6.45) is 1.96. The quantitative estimate of drug-likeness (QED) is 0.710. The van der Waals surface area contributed by atoms with Crippen LogP contribution < -0.4 is 0 Å². The molecule has 4 heterocycles. The summed E-state index contributed by atoms with van der Waals surface area (Å²) in [4.78, 5) is 6.84. The smallest absolute Gasteiger partial charge is 0.137 e. The highest BCUT2D eigenvalue weighted by Crippen LogP contribution is 2.34. The molecule has 2 aromatic heterocycles. The number of halogens is 1. The van der Waals surface area contributed by atoms with Crippen molar-refractivity contribution in [2.45, 2.75) is 25.3 Å². The number of ether oxygens (including phenoxy) is 1. The number of likely N-dealkylation sites (tertiary alicyclic amines) is 1. The van der Waals surface area contributed by atoms with Gasteiger partial charge in [-0.25, -0.2) is 4.68 Å². The van der Waals surface area contributed by atoms with Crippen molar-refractivity contribution in [3.63, 3.8) is 0 Å². The fourth-order valence-corrected chi connectivity index (χ4v) is 3.80. The van der Waals surface area contributed by atoms with Gasteiger partial charge in [0.1, 0.15) is 5.69 Å². The Bertz CT molecular complexity index is 870. The summed E-state index contributed by atoms with van der Waals surface area (Å²) in [6.45, 7) is 3.34. The second-order valence-corrected chi connectivity index (χ2v) is 6.64. The molecule has 2 atom stereocenters. The molecule has 0 unspecified atom stereocenters. The molecule has 5 rings (SSSR count). The van der Waals surface area contributed by atoms with Crippen LogP contribution >= 0.6 is 12.4 Å². The third kappa shape index (κ3) is 3.00. The van der Waals surface area contributed by atoms with Crippen LogP contribution in [0.5, 0.6) is 0 Å². The molecule has 0 aliphatic carbocycles. The first-order valence-electron chi connectivity index (χ1n) is 8.62. The third-order valence-electron chi connectivity index (χ3n) is 5.01. The summed E-state index contributed by atoms with van der Waals surface area (Å²) in [6, 6.07) is 16.6. The Kier molecular flexibility index (Phi) is 4.72. The van der Waals surface area contributed by atoms with Crippen LogP contribution in [-0.4, -0.2) is 44.1 Å². The SMILES string of the molecule is Cl.c1ccc(CN2C[C@@H]3OCc4c(-c5ccccn5)nnn4[C@H]3C2)cc1. The van der Waals surface area contributed by atoms with E-state index in [0.29, 0.717) is 6.61 Å². The highest BCUT2D eigenvalue weighted by Gasteiger charge is 2.40. The van der Waals surface area contributed by atoms with Gasteiger partial charge in [-0.2, -0.15) is 0 Å². The molecule has 1 saturated heterocycles. The molecule has 26 heavy (non-hydrogen) atoms. The van der Waals surface area contributed by atoms with E-state index >= 15 is 0 Å². The molecule has 0 saturated carbocycles. The van der Waals surface area contributed by atoms with E-state index in [0.717, 1.165) is 36.7 Å². The summed E-state index contributed by atoms with van der Waals surface area (Å²) in [5, 5.41) is 8.83. The van der Waals surface area contributed by atoms with Crippen LogP contribution in [0.4, 0.5) is 0 Å². The van der Waals surface area contributed by atoms with Gasteiger partial charge in [0.2, 0.25) is 0 Å². The summed E-state index contributed by atoms with van der Waals surface area (Å²) in [5.74, 6) is 0. The predicted molar refractivity (Wildman–Crippen MR) is 99.8 cm³/mol. The van der Waals surface area contributed by atoms with Gasteiger partial charge in [-0.3, -0.25) is 9.88 Å². The monoisotopic (exact) mass is 369 g/mol. The van der Waals surface area contributed by atoms with Crippen molar-refractivity contribution in [1.82, 2.24) is 24.9 Å². The van der Waals surface area contributed by atoms with Gasteiger partial charge in [0.25, 0.3) is 0 Å². The molecule has 3 aromatic rings. The molecule has 0 spiro atoms. The van der Waals surface area contributed by atoms with Crippen LogP contribution in [0, 0.1) is 0 Å². The lowest BCUT2D eigenvalue weighted by molar-refractivity contribution is -0.00495. The molecule has 2 aliphatic heterocycles. The van der Waals surface area contributed by atoms with Crippen LogP contribution in [0.25, 0.3) is 11.4 Å². The van der Waals surface area contributed by atoms with Crippen LogP contribution in [0.2, 0.25) is 0 Å². The minimum atomic E-state index is 0. The van der Waals surface area contributed by atoms with Gasteiger partial charge in [-0.15, -0.1) is 17.5 Å². The van der Waals surface area contributed by atoms with Crippen molar-refractivity contribution < 1.29 is 4.74 Å². The highest BCUT2D eigenvalue weighted by molar-refractivity contribution is 5.85. The maximum absolute atomic E-state index is 6.15. The molecule has 0 radical (unpaired) electrons. The van der Waals surface area contributed by atoms with Crippen molar-refractivity contribution in [2.75, 3.05) is 13.1 Å². The normalized spacial score (nSPS) is 21.7. The van der Waals surface area contributed by atoms with Gasteiger partial charge in [0, 0.05) is 25.8 Å². The highest BCUT2D eigenvalue weighted by atomic mass is 35.5. The minimum absolute atomic E-state index is 0. The Hall–Kier alpha value is -2.28. The molecular formula is C19H20ClN5O. The Morgan fingerprint density at radius 2 is 1.88 bits per heavy atom. The Morgan fingerprint density at radius 3 is 2.69 bits per heavy atom. The fraction of sp³-hybridized carbons (Fsp3) is 0.316. The minimum Gasteiger partial charge on any atom is -0.368 e. The van der Waals surface area contributed by atoms with Gasteiger partial charge < -0.3 is 4.74 Å². The van der Waals surface area contributed by atoms with Gasteiger partial charge in [0.05, 0.1) is 30.1 Å². The van der Waals surface area contributed by atoms with Crippen molar-refractivity contribution >= 4 is 12.4 Å². The average Bonchev–Trinajstić information content (AvgIpc) is 3.26. The molecule has 2 aliphatic rings. The number of hydrogen-bond acceptors (Lipinski definition) is 5. The largest absolute Gasteiger partial charge is 0.368 e. The first-order chi connectivity index (χ1) is 12.4. The second kappa shape index (κ2) is 7.15. The number of aromatic nitrogens is 4. The molecule has 0 amide bonds. The Balaban J connectivity index is 0.00000168. The lowest BCUT2D eigenvalue weighted by Crippen LogP contribution is -2.32. The Labute approximate surface area is 158 Å². The van der Waals surface area contributed by atoms with E-state index in [-0.39, 0.29) is 24.6 Å². The number of fused-ring (bicyclic) bond motifs is 3. The molecule has 7 heteroatoms. The van der Waals surface area contributed by atoms with E-state index in [1.807, 2.05) is 18.2 Å². The molecule has 1 aromatic carbocycles. The number of nitrogens with zero attached hydrogens (tertiary/aromatic N) is 5. The second-order valence-electron chi connectivity index (χ2n) is 6.64. The van der Waals surface area contributed by atoms with Crippen molar-refractivity contribution in [3.8, 4) is 11.4 Å². The van der Waals surface area contributed by atoms with Gasteiger partial charge in [0.15, 0.2) is 0 Å². The van der Waals surface area contributed by atoms with E-state index in [1.165, 1.54) is 5.56 Å². The number of benzene rings is 1.